The predicted octanol–water partition coefficient (Wildman–Crippen LogP) is 4.25. The number of methoxy groups -OCH3 is 1. The van der Waals surface area contributed by atoms with Gasteiger partial charge in [-0.3, -0.25) is 11.3 Å². The number of ether oxygens (including phenoxy) is 1. The summed E-state index contributed by atoms with van der Waals surface area (Å²) in [5.74, 6) is 6.55. The van der Waals surface area contributed by atoms with E-state index in [-0.39, 0.29) is 6.04 Å². The minimum Gasteiger partial charge on any atom is -0.497 e. The van der Waals surface area contributed by atoms with Crippen molar-refractivity contribution in [3.63, 3.8) is 0 Å². The summed E-state index contributed by atoms with van der Waals surface area (Å²) >= 11 is 9.54. The van der Waals surface area contributed by atoms with Crippen LogP contribution in [0.25, 0.3) is 0 Å². The Morgan fingerprint density at radius 3 is 2.52 bits per heavy atom. The Balaban J connectivity index is 2.04. The van der Waals surface area contributed by atoms with Gasteiger partial charge in [0, 0.05) is 15.5 Å². The molecule has 0 aromatic heterocycles. The second-order valence-corrected chi connectivity index (χ2v) is 6.16. The summed E-state index contributed by atoms with van der Waals surface area (Å²) in [6.07, 6.45) is 1.80. The summed E-state index contributed by atoms with van der Waals surface area (Å²) in [5, 5.41) is 0.698. The molecule has 0 aliphatic rings. The number of rotatable bonds is 6. The highest BCUT2D eigenvalue weighted by Crippen LogP contribution is 2.26. The van der Waals surface area contributed by atoms with Crippen molar-refractivity contribution in [2.45, 2.75) is 18.9 Å². The molecule has 2 rings (SSSR count). The number of nitrogens with two attached hydrogens (primary N) is 1. The minimum absolute atomic E-state index is 0.0575. The smallest absolute Gasteiger partial charge is 0.118 e. The molecule has 112 valence electrons. The third-order valence-electron chi connectivity index (χ3n) is 3.37. The van der Waals surface area contributed by atoms with Crippen molar-refractivity contribution in [2.24, 2.45) is 5.84 Å². The molecule has 0 aliphatic carbocycles. The Morgan fingerprint density at radius 2 is 1.95 bits per heavy atom. The van der Waals surface area contributed by atoms with Crippen molar-refractivity contribution in [1.82, 2.24) is 5.43 Å². The maximum Gasteiger partial charge on any atom is 0.118 e. The molecule has 0 saturated heterocycles. The van der Waals surface area contributed by atoms with Crippen LogP contribution >= 0.6 is 27.5 Å². The highest BCUT2D eigenvalue weighted by molar-refractivity contribution is 9.10. The molecular formula is C16H18BrClN2O. The van der Waals surface area contributed by atoms with Crippen LogP contribution in [0.15, 0.2) is 46.9 Å². The van der Waals surface area contributed by atoms with Crippen LogP contribution in [0.1, 0.15) is 23.6 Å². The fourth-order valence-corrected chi connectivity index (χ4v) is 3.11. The van der Waals surface area contributed by atoms with E-state index >= 15 is 0 Å². The van der Waals surface area contributed by atoms with E-state index in [2.05, 4.69) is 33.5 Å². The Kier molecular flexibility index (Phi) is 6.06. The van der Waals surface area contributed by atoms with Crippen LogP contribution < -0.4 is 16.0 Å². The zero-order valence-electron chi connectivity index (χ0n) is 11.8. The van der Waals surface area contributed by atoms with Gasteiger partial charge in [0.25, 0.3) is 0 Å². The molecule has 0 amide bonds. The van der Waals surface area contributed by atoms with Crippen molar-refractivity contribution in [1.29, 1.82) is 0 Å². The fraction of sp³-hybridized carbons (Fsp3) is 0.250. The molecule has 0 aliphatic heterocycles. The number of aryl methyl sites for hydroxylation is 1. The quantitative estimate of drug-likeness (QED) is 0.591. The van der Waals surface area contributed by atoms with E-state index < -0.39 is 0 Å². The molecule has 0 bridgehead atoms. The Bertz CT molecular complexity index is 569. The van der Waals surface area contributed by atoms with Crippen LogP contribution in [0.5, 0.6) is 5.75 Å². The molecule has 21 heavy (non-hydrogen) atoms. The molecule has 2 aromatic carbocycles. The molecule has 0 heterocycles. The zero-order chi connectivity index (χ0) is 15.2. The number of hydrogen-bond donors (Lipinski definition) is 2. The molecule has 5 heteroatoms. The number of hydrogen-bond acceptors (Lipinski definition) is 3. The highest BCUT2D eigenvalue weighted by Gasteiger charge is 2.11. The molecular weight excluding hydrogens is 352 g/mol. The van der Waals surface area contributed by atoms with Crippen molar-refractivity contribution in [2.75, 3.05) is 7.11 Å². The molecule has 0 spiro atoms. The van der Waals surface area contributed by atoms with Crippen LogP contribution in [0.3, 0.4) is 0 Å². The number of hydrazine groups is 1. The first-order valence-corrected chi connectivity index (χ1v) is 7.84. The molecule has 3 N–H and O–H groups in total. The summed E-state index contributed by atoms with van der Waals surface area (Å²) in [5.41, 5.74) is 5.18. The van der Waals surface area contributed by atoms with Gasteiger partial charge >= 0.3 is 0 Å². The SMILES string of the molecule is COc1ccc(CCC(NN)c2cc(Cl)cc(Br)c2)cc1. The van der Waals surface area contributed by atoms with Gasteiger partial charge in [-0.15, -0.1) is 0 Å². The summed E-state index contributed by atoms with van der Waals surface area (Å²) in [7, 11) is 1.67. The molecule has 0 radical (unpaired) electrons. The molecule has 2 aromatic rings. The third-order valence-corrected chi connectivity index (χ3v) is 4.05. The lowest BCUT2D eigenvalue weighted by atomic mass is 9.99. The lowest BCUT2D eigenvalue weighted by Gasteiger charge is -2.17. The summed E-state index contributed by atoms with van der Waals surface area (Å²) in [4.78, 5) is 0. The van der Waals surface area contributed by atoms with E-state index in [9.17, 15) is 0 Å². The van der Waals surface area contributed by atoms with Crippen LogP contribution in [0.2, 0.25) is 5.02 Å². The van der Waals surface area contributed by atoms with Gasteiger partial charge in [0.05, 0.1) is 7.11 Å². The molecule has 1 atom stereocenters. The Morgan fingerprint density at radius 1 is 1.24 bits per heavy atom. The number of nitrogens with one attached hydrogen (secondary N) is 1. The van der Waals surface area contributed by atoms with E-state index in [1.165, 1.54) is 5.56 Å². The maximum absolute atomic E-state index is 6.09. The number of benzene rings is 2. The van der Waals surface area contributed by atoms with Crippen LogP contribution in [0.4, 0.5) is 0 Å². The summed E-state index contributed by atoms with van der Waals surface area (Å²) in [6.45, 7) is 0. The minimum atomic E-state index is 0.0575. The first-order chi connectivity index (χ1) is 10.1. The topological polar surface area (TPSA) is 47.3 Å². The lowest BCUT2D eigenvalue weighted by molar-refractivity contribution is 0.414. The van der Waals surface area contributed by atoms with Gasteiger partial charge < -0.3 is 4.74 Å². The van der Waals surface area contributed by atoms with Gasteiger partial charge in [-0.05, 0) is 54.3 Å². The first-order valence-electron chi connectivity index (χ1n) is 6.67. The van der Waals surface area contributed by atoms with E-state index in [0.29, 0.717) is 5.02 Å². The molecule has 0 saturated carbocycles. The van der Waals surface area contributed by atoms with Crippen LogP contribution in [-0.4, -0.2) is 7.11 Å². The number of halogens is 2. The normalized spacial score (nSPS) is 12.2. The fourth-order valence-electron chi connectivity index (χ4n) is 2.23. The molecule has 0 fully saturated rings. The van der Waals surface area contributed by atoms with E-state index in [1.54, 1.807) is 7.11 Å². The predicted molar refractivity (Wildman–Crippen MR) is 90.5 cm³/mol. The van der Waals surface area contributed by atoms with Crippen LogP contribution in [-0.2, 0) is 6.42 Å². The molecule has 1 unspecified atom stereocenters. The van der Waals surface area contributed by atoms with Gasteiger partial charge in [0.15, 0.2) is 0 Å². The van der Waals surface area contributed by atoms with Crippen molar-refractivity contribution in [3.05, 3.63) is 63.1 Å². The van der Waals surface area contributed by atoms with Crippen molar-refractivity contribution in [3.8, 4) is 5.75 Å². The van der Waals surface area contributed by atoms with Crippen LogP contribution in [0, 0.1) is 0 Å². The van der Waals surface area contributed by atoms with E-state index in [1.807, 2.05) is 30.3 Å². The average Bonchev–Trinajstić information content (AvgIpc) is 2.47. The second-order valence-electron chi connectivity index (χ2n) is 4.81. The van der Waals surface area contributed by atoms with Gasteiger partial charge in [0.1, 0.15) is 5.75 Å². The largest absolute Gasteiger partial charge is 0.497 e. The standard InChI is InChI=1S/C16H18BrClN2O/c1-21-15-5-2-11(3-6-15)4-7-16(20-19)12-8-13(17)10-14(18)9-12/h2-3,5-6,8-10,16,20H,4,7,19H2,1H3. The first kappa shape index (κ1) is 16.3. The van der Waals surface area contributed by atoms with Gasteiger partial charge in [-0.25, -0.2) is 0 Å². The van der Waals surface area contributed by atoms with Crippen molar-refractivity contribution < 1.29 is 4.74 Å². The molecule has 3 nitrogen and oxygen atoms in total. The lowest BCUT2D eigenvalue weighted by Crippen LogP contribution is -2.28. The van der Waals surface area contributed by atoms with E-state index in [0.717, 1.165) is 28.6 Å². The monoisotopic (exact) mass is 368 g/mol. The zero-order valence-corrected chi connectivity index (χ0v) is 14.1. The van der Waals surface area contributed by atoms with Crippen molar-refractivity contribution >= 4 is 27.5 Å². The van der Waals surface area contributed by atoms with Gasteiger partial charge in [0.2, 0.25) is 0 Å². The second kappa shape index (κ2) is 7.80. The summed E-state index contributed by atoms with van der Waals surface area (Å²) < 4.78 is 6.11. The van der Waals surface area contributed by atoms with Gasteiger partial charge in [-0.1, -0.05) is 39.7 Å². The Labute approximate surface area is 138 Å². The summed E-state index contributed by atoms with van der Waals surface area (Å²) in [6, 6.07) is 14.0. The average molecular weight is 370 g/mol. The Hall–Kier alpha value is -1.07. The third kappa shape index (κ3) is 4.71. The highest BCUT2D eigenvalue weighted by atomic mass is 79.9. The van der Waals surface area contributed by atoms with E-state index in [4.69, 9.17) is 22.2 Å². The van der Waals surface area contributed by atoms with Gasteiger partial charge in [-0.2, -0.15) is 0 Å². The maximum atomic E-state index is 6.09.